The molecule has 3 aromatic rings. The quantitative estimate of drug-likeness (QED) is 0.593. The Balaban J connectivity index is 1.59. The number of hydrogen-bond donors (Lipinski definition) is 2. The van der Waals surface area contributed by atoms with Crippen LogP contribution in [0.2, 0.25) is 0 Å². The minimum absolute atomic E-state index is 0.108. The van der Waals surface area contributed by atoms with Crippen molar-refractivity contribution in [3.63, 3.8) is 0 Å². The fourth-order valence-corrected chi connectivity index (χ4v) is 4.24. The van der Waals surface area contributed by atoms with Crippen LogP contribution in [0.25, 0.3) is 22.0 Å². The number of ketones is 1. The smallest absolute Gasteiger partial charge is 0.296 e. The third-order valence-corrected chi connectivity index (χ3v) is 6.18. The average molecular weight is 439 g/mol. The molecule has 1 fully saturated rings. The molecular weight excluding hydrogens is 418 g/mol. The third kappa shape index (κ3) is 3.52. The van der Waals surface area contributed by atoms with E-state index < -0.39 is 11.7 Å². The van der Waals surface area contributed by atoms with Crippen LogP contribution >= 0.6 is 0 Å². The largest absolute Gasteiger partial charge is 0.318 e. The van der Waals surface area contributed by atoms with Crippen LogP contribution in [0.4, 0.5) is 11.5 Å². The lowest BCUT2D eigenvalue weighted by atomic mass is 9.96. The predicted octanol–water partition coefficient (Wildman–Crippen LogP) is 3.96. The maximum atomic E-state index is 12.4. The molecule has 2 atom stereocenters. The Labute approximate surface area is 190 Å². The van der Waals surface area contributed by atoms with Crippen LogP contribution in [0.3, 0.4) is 0 Å². The van der Waals surface area contributed by atoms with E-state index in [-0.39, 0.29) is 23.7 Å². The fourth-order valence-electron chi connectivity index (χ4n) is 4.24. The zero-order chi connectivity index (χ0) is 23.4. The number of aromatic nitrogens is 2. The van der Waals surface area contributed by atoms with Gasteiger partial charge < -0.3 is 10.6 Å². The number of Topliss-reactive ketones (excluding diaryl/α,β-unsaturated/α-hetero) is 1. The van der Waals surface area contributed by atoms with Gasteiger partial charge in [-0.15, -0.1) is 0 Å². The third-order valence-electron chi connectivity index (χ3n) is 6.18. The topological polar surface area (TPSA) is 125 Å². The molecule has 5 rings (SSSR count). The zero-order valence-corrected chi connectivity index (χ0v) is 18.4. The zero-order valence-electron chi connectivity index (χ0n) is 18.4. The summed E-state index contributed by atoms with van der Waals surface area (Å²) in [5, 5.41) is 16.1. The summed E-state index contributed by atoms with van der Waals surface area (Å²) >= 11 is 0. The lowest BCUT2D eigenvalue weighted by molar-refractivity contribution is -0.117. The Kier molecular flexibility index (Phi) is 4.71. The first kappa shape index (κ1) is 20.8. The summed E-state index contributed by atoms with van der Waals surface area (Å²) in [6, 6.07) is 9.32. The van der Waals surface area contributed by atoms with E-state index in [1.807, 2.05) is 26.8 Å². The number of hydrogen-bond acceptors (Lipinski definition) is 6. The van der Waals surface area contributed by atoms with Crippen molar-refractivity contribution >= 4 is 39.9 Å². The number of aryl methyl sites for hydroxylation is 1. The van der Waals surface area contributed by atoms with E-state index in [4.69, 9.17) is 10.2 Å². The molecule has 0 spiro atoms. The van der Waals surface area contributed by atoms with Crippen molar-refractivity contribution in [1.82, 2.24) is 9.97 Å². The Hall–Kier alpha value is -4.12. The van der Waals surface area contributed by atoms with Gasteiger partial charge in [-0.2, -0.15) is 5.26 Å². The highest BCUT2D eigenvalue weighted by Crippen LogP contribution is 2.39. The summed E-state index contributed by atoms with van der Waals surface area (Å²) in [5.41, 5.74) is 4.02. The molecule has 2 aliphatic rings. The molecule has 0 saturated heterocycles. The molecule has 1 aliphatic carbocycles. The highest BCUT2D eigenvalue weighted by atomic mass is 16.2. The van der Waals surface area contributed by atoms with Gasteiger partial charge in [-0.25, -0.2) is 4.98 Å². The number of nitrogens with zero attached hydrogens (tertiary/aromatic N) is 3. The molecule has 2 amide bonds. The Morgan fingerprint density at radius 1 is 1.21 bits per heavy atom. The lowest BCUT2D eigenvalue weighted by Gasteiger charge is -2.15. The maximum Gasteiger partial charge on any atom is 0.296 e. The van der Waals surface area contributed by atoms with Crippen LogP contribution in [0.15, 0.2) is 30.5 Å². The number of nitrogens with one attached hydrogen (secondary N) is 2. The Bertz CT molecular complexity index is 1420. The minimum atomic E-state index is -0.628. The van der Waals surface area contributed by atoms with E-state index in [9.17, 15) is 14.4 Å². The molecule has 1 saturated carbocycles. The van der Waals surface area contributed by atoms with Crippen molar-refractivity contribution in [3.8, 4) is 17.3 Å². The number of carbonyl (C=O) groups is 3. The van der Waals surface area contributed by atoms with Gasteiger partial charge in [0.2, 0.25) is 5.91 Å². The fraction of sp³-hybridized carbons (Fsp3) is 0.280. The van der Waals surface area contributed by atoms with Gasteiger partial charge in [0.05, 0.1) is 40.5 Å². The first-order chi connectivity index (χ1) is 15.8. The van der Waals surface area contributed by atoms with E-state index in [2.05, 4.69) is 21.7 Å². The molecule has 2 N–H and O–H groups in total. The Morgan fingerprint density at radius 2 is 2.00 bits per heavy atom. The molecule has 2 aromatic heterocycles. The Morgan fingerprint density at radius 3 is 2.70 bits per heavy atom. The van der Waals surface area contributed by atoms with Gasteiger partial charge in [0.15, 0.2) is 0 Å². The summed E-state index contributed by atoms with van der Waals surface area (Å²) in [5.74, 6) is -1.36. The van der Waals surface area contributed by atoms with Crippen molar-refractivity contribution in [2.24, 2.45) is 11.8 Å². The molecule has 0 unspecified atom stereocenters. The summed E-state index contributed by atoms with van der Waals surface area (Å²) in [7, 11) is 0. The molecule has 0 bridgehead atoms. The van der Waals surface area contributed by atoms with Gasteiger partial charge in [-0.1, -0.05) is 13.8 Å². The van der Waals surface area contributed by atoms with Crippen molar-refractivity contribution < 1.29 is 14.4 Å². The normalized spacial score (nSPS) is 18.8. The van der Waals surface area contributed by atoms with E-state index in [1.165, 1.54) is 0 Å². The van der Waals surface area contributed by atoms with Crippen molar-refractivity contribution in [1.29, 1.82) is 5.26 Å². The highest BCUT2D eigenvalue weighted by Gasteiger charge is 2.43. The van der Waals surface area contributed by atoms with Crippen molar-refractivity contribution in [2.75, 3.05) is 10.6 Å². The first-order valence-electron chi connectivity index (χ1n) is 10.8. The highest BCUT2D eigenvalue weighted by molar-refractivity contribution is 6.51. The molecule has 33 heavy (non-hydrogen) atoms. The van der Waals surface area contributed by atoms with Gasteiger partial charge in [0.25, 0.3) is 11.7 Å². The molecule has 8 heteroatoms. The van der Waals surface area contributed by atoms with Crippen LogP contribution in [0, 0.1) is 30.1 Å². The summed E-state index contributed by atoms with van der Waals surface area (Å²) in [6.07, 6.45) is 2.28. The average Bonchev–Trinajstić information content (AvgIpc) is 3.52. The molecule has 3 heterocycles. The SMILES string of the molecule is Cc1cc2c(cc1-c1cc3cc(NC(=O)[C@H]4C[C@@H]4C#N)ncc3c(C(C)C)n1)C(=O)C(=O)N2. The molecule has 8 nitrogen and oxygen atoms in total. The standard InChI is InChI=1S/C25H21N5O3/c1-11(2)22-18-10-27-21(30-24(32)16-5-14(16)9-26)7-13(18)6-20(28-22)15-8-17-19(4-12(15)3)29-25(33)23(17)31/h4,6-8,10-11,14,16H,5H2,1-3H3,(H,27,30,32)(H,29,31,33)/t14-,16+/m1/s1. The lowest BCUT2D eigenvalue weighted by Crippen LogP contribution is -2.15. The monoisotopic (exact) mass is 439 g/mol. The van der Waals surface area contributed by atoms with Crippen LogP contribution in [-0.2, 0) is 9.59 Å². The summed E-state index contributed by atoms with van der Waals surface area (Å²) in [4.78, 5) is 45.7. The van der Waals surface area contributed by atoms with Crippen LogP contribution in [0.1, 0.15) is 47.8 Å². The van der Waals surface area contributed by atoms with Crippen LogP contribution in [-0.4, -0.2) is 27.6 Å². The van der Waals surface area contributed by atoms with E-state index >= 15 is 0 Å². The molecule has 164 valence electrons. The number of amides is 2. The summed E-state index contributed by atoms with van der Waals surface area (Å²) in [6.45, 7) is 5.99. The number of fused-ring (bicyclic) bond motifs is 2. The predicted molar refractivity (Wildman–Crippen MR) is 123 cm³/mol. The van der Waals surface area contributed by atoms with Gasteiger partial charge >= 0.3 is 0 Å². The number of nitriles is 1. The van der Waals surface area contributed by atoms with Crippen molar-refractivity contribution in [2.45, 2.75) is 33.1 Å². The van der Waals surface area contributed by atoms with Gasteiger partial charge in [-0.3, -0.25) is 19.4 Å². The second kappa shape index (κ2) is 7.48. The summed E-state index contributed by atoms with van der Waals surface area (Å²) < 4.78 is 0. The van der Waals surface area contributed by atoms with Crippen molar-refractivity contribution in [3.05, 3.63) is 47.3 Å². The number of rotatable bonds is 4. The number of benzene rings is 1. The first-order valence-corrected chi connectivity index (χ1v) is 10.8. The van der Waals surface area contributed by atoms with Crippen LogP contribution < -0.4 is 10.6 Å². The van der Waals surface area contributed by atoms with Crippen LogP contribution in [0.5, 0.6) is 0 Å². The van der Waals surface area contributed by atoms with E-state index in [0.29, 0.717) is 29.2 Å². The molecule has 0 radical (unpaired) electrons. The number of pyridine rings is 2. The van der Waals surface area contributed by atoms with Gasteiger partial charge in [0.1, 0.15) is 5.82 Å². The maximum absolute atomic E-state index is 12.4. The van der Waals surface area contributed by atoms with E-state index in [0.717, 1.165) is 27.6 Å². The van der Waals surface area contributed by atoms with Gasteiger partial charge in [-0.05, 0) is 54.5 Å². The molecule has 1 aromatic carbocycles. The number of anilines is 2. The second-order valence-electron chi connectivity index (χ2n) is 8.90. The van der Waals surface area contributed by atoms with E-state index in [1.54, 1.807) is 24.4 Å². The minimum Gasteiger partial charge on any atom is -0.318 e. The number of carbonyl (C=O) groups excluding carboxylic acids is 3. The van der Waals surface area contributed by atoms with Gasteiger partial charge in [0, 0.05) is 17.1 Å². The molecular formula is C25H21N5O3. The second-order valence-corrected chi connectivity index (χ2v) is 8.90. The molecule has 1 aliphatic heterocycles.